The van der Waals surface area contributed by atoms with Gasteiger partial charge in [0.2, 0.25) is 5.91 Å². The van der Waals surface area contributed by atoms with E-state index in [9.17, 15) is 4.79 Å². The van der Waals surface area contributed by atoms with Crippen molar-refractivity contribution >= 4 is 34.3 Å². The average Bonchev–Trinajstić information content (AvgIpc) is 3.25. The van der Waals surface area contributed by atoms with Crippen molar-refractivity contribution < 1.29 is 9.53 Å². The summed E-state index contributed by atoms with van der Waals surface area (Å²) in [4.78, 5) is 16.6. The van der Waals surface area contributed by atoms with Crippen LogP contribution in [0.25, 0.3) is 10.6 Å². The third kappa shape index (κ3) is 4.19. The zero-order valence-electron chi connectivity index (χ0n) is 12.6. The molecule has 0 aliphatic carbocycles. The lowest BCUT2D eigenvalue weighted by molar-refractivity contribution is -0.115. The van der Waals surface area contributed by atoms with Gasteiger partial charge in [-0.15, -0.1) is 11.3 Å². The molecule has 120 valence electrons. The molecule has 0 aliphatic heterocycles. The number of rotatable bonds is 6. The van der Waals surface area contributed by atoms with E-state index in [4.69, 9.17) is 10.00 Å². The summed E-state index contributed by atoms with van der Waals surface area (Å²) in [6.07, 6.45) is 0.229. The summed E-state index contributed by atoms with van der Waals surface area (Å²) in [6.45, 7) is 0.00198. The highest BCUT2D eigenvalue weighted by atomic mass is 32.1. The smallest absolute Gasteiger partial charge is 0.230 e. The van der Waals surface area contributed by atoms with Crippen LogP contribution in [0.4, 0.5) is 5.69 Å². The van der Waals surface area contributed by atoms with Crippen molar-refractivity contribution in [2.75, 3.05) is 11.9 Å². The summed E-state index contributed by atoms with van der Waals surface area (Å²) in [6, 6.07) is 10.8. The number of ether oxygens (including phenoxy) is 1. The summed E-state index contributed by atoms with van der Waals surface area (Å²) in [5.74, 6) is 0.470. The number of nitriles is 1. The molecule has 3 rings (SSSR count). The molecule has 0 radical (unpaired) electrons. The maximum atomic E-state index is 12.1. The Labute approximate surface area is 147 Å². The van der Waals surface area contributed by atoms with Gasteiger partial charge in [0, 0.05) is 22.0 Å². The Bertz CT molecular complexity index is 849. The molecular formula is C17H13N3O2S2. The van der Waals surface area contributed by atoms with E-state index in [1.54, 1.807) is 35.6 Å². The van der Waals surface area contributed by atoms with Gasteiger partial charge in [-0.05, 0) is 35.7 Å². The standard InChI is InChI=1S/C17H13N3O2S2/c18-6-7-22-15-3-1-13(2-4-15)19-16(21)9-14-11-24-17(20-14)12-5-8-23-10-12/h1-5,8,10-11H,7,9H2,(H,19,21). The largest absolute Gasteiger partial charge is 0.479 e. The predicted molar refractivity (Wildman–Crippen MR) is 95.3 cm³/mol. The van der Waals surface area contributed by atoms with Crippen LogP contribution in [-0.4, -0.2) is 17.5 Å². The summed E-state index contributed by atoms with van der Waals surface area (Å²) in [5, 5.41) is 18.2. The number of benzene rings is 1. The van der Waals surface area contributed by atoms with Crippen LogP contribution in [0.2, 0.25) is 0 Å². The highest BCUT2D eigenvalue weighted by Crippen LogP contribution is 2.26. The van der Waals surface area contributed by atoms with Gasteiger partial charge in [0.25, 0.3) is 0 Å². The Morgan fingerprint density at radius 3 is 2.79 bits per heavy atom. The summed E-state index contributed by atoms with van der Waals surface area (Å²) >= 11 is 3.16. The minimum absolute atomic E-state index is 0.00198. The van der Waals surface area contributed by atoms with Crippen molar-refractivity contribution in [3.05, 3.63) is 52.2 Å². The first-order chi connectivity index (χ1) is 11.7. The number of carbonyl (C=O) groups excluding carboxylic acids is 1. The molecule has 0 atom stereocenters. The lowest BCUT2D eigenvalue weighted by Crippen LogP contribution is -2.14. The predicted octanol–water partition coefficient (Wildman–Crippen LogP) is 3.96. The van der Waals surface area contributed by atoms with Crippen molar-refractivity contribution in [2.45, 2.75) is 6.42 Å². The molecule has 2 aromatic heterocycles. The molecule has 0 spiro atoms. The fraction of sp³-hybridized carbons (Fsp3) is 0.118. The quantitative estimate of drug-likeness (QED) is 0.726. The Morgan fingerprint density at radius 2 is 2.08 bits per heavy atom. The molecule has 3 aromatic rings. The number of hydrogen-bond donors (Lipinski definition) is 1. The highest BCUT2D eigenvalue weighted by molar-refractivity contribution is 7.14. The second-order valence-corrected chi connectivity index (χ2v) is 6.49. The summed E-state index contributed by atoms with van der Waals surface area (Å²) in [7, 11) is 0. The molecule has 0 saturated heterocycles. The number of thiophene rings is 1. The van der Waals surface area contributed by atoms with E-state index in [0.29, 0.717) is 11.4 Å². The molecule has 24 heavy (non-hydrogen) atoms. The Morgan fingerprint density at radius 1 is 1.25 bits per heavy atom. The van der Waals surface area contributed by atoms with Crippen molar-refractivity contribution in [3.8, 4) is 22.4 Å². The molecule has 1 amide bonds. The zero-order chi connectivity index (χ0) is 16.8. The number of hydrogen-bond acceptors (Lipinski definition) is 6. The van der Waals surface area contributed by atoms with Gasteiger partial charge in [0.05, 0.1) is 12.1 Å². The molecule has 1 N–H and O–H groups in total. The second kappa shape index (κ2) is 7.73. The van der Waals surface area contributed by atoms with Crippen LogP contribution in [0.1, 0.15) is 5.69 Å². The normalized spacial score (nSPS) is 10.1. The van der Waals surface area contributed by atoms with Crippen LogP contribution in [0.15, 0.2) is 46.5 Å². The first kappa shape index (κ1) is 16.2. The summed E-state index contributed by atoms with van der Waals surface area (Å²) in [5.41, 5.74) is 2.52. The zero-order valence-corrected chi connectivity index (χ0v) is 14.2. The fourth-order valence-electron chi connectivity index (χ4n) is 2.03. The first-order valence-electron chi connectivity index (χ1n) is 7.11. The number of nitrogens with zero attached hydrogens (tertiary/aromatic N) is 2. The van der Waals surface area contributed by atoms with Crippen LogP contribution in [0.3, 0.4) is 0 Å². The van der Waals surface area contributed by atoms with Crippen LogP contribution in [0.5, 0.6) is 5.75 Å². The molecule has 7 heteroatoms. The number of amides is 1. The molecule has 1 aromatic carbocycles. The second-order valence-electron chi connectivity index (χ2n) is 4.85. The van der Waals surface area contributed by atoms with Gasteiger partial charge >= 0.3 is 0 Å². The maximum absolute atomic E-state index is 12.1. The number of carbonyl (C=O) groups is 1. The van der Waals surface area contributed by atoms with Crippen LogP contribution in [-0.2, 0) is 11.2 Å². The third-order valence-electron chi connectivity index (χ3n) is 3.10. The van der Waals surface area contributed by atoms with Gasteiger partial charge in [0.1, 0.15) is 16.8 Å². The Hall–Kier alpha value is -2.69. The van der Waals surface area contributed by atoms with Crippen molar-refractivity contribution in [3.63, 3.8) is 0 Å². The highest BCUT2D eigenvalue weighted by Gasteiger charge is 2.09. The van der Waals surface area contributed by atoms with E-state index in [1.807, 2.05) is 28.3 Å². The molecular weight excluding hydrogens is 342 g/mol. The molecule has 0 fully saturated rings. The fourth-order valence-corrected chi connectivity index (χ4v) is 3.56. The van der Waals surface area contributed by atoms with E-state index < -0.39 is 0 Å². The van der Waals surface area contributed by atoms with Crippen molar-refractivity contribution in [1.82, 2.24) is 4.98 Å². The average molecular weight is 355 g/mol. The lowest BCUT2D eigenvalue weighted by atomic mass is 10.2. The van der Waals surface area contributed by atoms with Gasteiger partial charge in [-0.1, -0.05) is 0 Å². The van der Waals surface area contributed by atoms with Crippen LogP contribution in [0, 0.1) is 11.3 Å². The minimum Gasteiger partial charge on any atom is -0.479 e. The molecule has 0 unspecified atom stereocenters. The van der Waals surface area contributed by atoms with E-state index in [1.165, 1.54) is 11.3 Å². The van der Waals surface area contributed by atoms with E-state index in [-0.39, 0.29) is 18.9 Å². The van der Waals surface area contributed by atoms with Gasteiger partial charge in [-0.25, -0.2) is 4.98 Å². The van der Waals surface area contributed by atoms with E-state index in [0.717, 1.165) is 16.3 Å². The Balaban J connectivity index is 1.57. The Kier molecular flexibility index (Phi) is 5.21. The number of thiazole rings is 1. The molecule has 0 aliphatic rings. The number of aromatic nitrogens is 1. The topological polar surface area (TPSA) is 75.0 Å². The molecule has 0 bridgehead atoms. The molecule has 2 heterocycles. The van der Waals surface area contributed by atoms with Gasteiger partial charge in [-0.3, -0.25) is 4.79 Å². The first-order valence-corrected chi connectivity index (χ1v) is 8.93. The van der Waals surface area contributed by atoms with Crippen LogP contribution >= 0.6 is 22.7 Å². The molecule has 5 nitrogen and oxygen atoms in total. The van der Waals surface area contributed by atoms with E-state index >= 15 is 0 Å². The van der Waals surface area contributed by atoms with Crippen molar-refractivity contribution in [1.29, 1.82) is 5.26 Å². The van der Waals surface area contributed by atoms with Gasteiger partial charge < -0.3 is 10.1 Å². The SMILES string of the molecule is N#CCOc1ccc(NC(=O)Cc2csc(-c3ccsc3)n2)cc1. The van der Waals surface area contributed by atoms with Crippen LogP contribution < -0.4 is 10.1 Å². The monoisotopic (exact) mass is 355 g/mol. The maximum Gasteiger partial charge on any atom is 0.230 e. The molecule has 0 saturated carbocycles. The minimum atomic E-state index is -0.122. The lowest BCUT2D eigenvalue weighted by Gasteiger charge is -2.06. The summed E-state index contributed by atoms with van der Waals surface area (Å²) < 4.78 is 5.17. The van der Waals surface area contributed by atoms with Gasteiger partial charge in [-0.2, -0.15) is 16.6 Å². The van der Waals surface area contributed by atoms with Gasteiger partial charge in [0.15, 0.2) is 6.61 Å². The number of anilines is 1. The van der Waals surface area contributed by atoms with Crippen molar-refractivity contribution in [2.24, 2.45) is 0 Å². The third-order valence-corrected chi connectivity index (χ3v) is 4.73. The van der Waals surface area contributed by atoms with E-state index in [2.05, 4.69) is 10.3 Å². The number of nitrogens with one attached hydrogen (secondary N) is 1.